The van der Waals surface area contributed by atoms with Gasteiger partial charge in [0.2, 0.25) is 5.28 Å². The fourth-order valence-corrected chi connectivity index (χ4v) is 2.78. The molecule has 1 saturated heterocycles. The number of rotatable bonds is 3. The molecule has 19 heavy (non-hydrogen) atoms. The number of aromatic nitrogens is 4. The highest BCUT2D eigenvalue weighted by molar-refractivity contribution is 6.28. The van der Waals surface area contributed by atoms with Crippen LogP contribution in [0.2, 0.25) is 5.28 Å². The summed E-state index contributed by atoms with van der Waals surface area (Å²) in [6, 6.07) is 0. The van der Waals surface area contributed by atoms with Gasteiger partial charge in [0, 0.05) is 13.1 Å². The Kier molecular flexibility index (Phi) is 3.52. The van der Waals surface area contributed by atoms with Gasteiger partial charge in [-0.2, -0.15) is 9.97 Å². The minimum absolute atomic E-state index is 0.225. The summed E-state index contributed by atoms with van der Waals surface area (Å²) in [7, 11) is 2.17. The Morgan fingerprint density at radius 2 is 2.42 bits per heavy atom. The summed E-state index contributed by atoms with van der Waals surface area (Å²) in [5, 5.41) is 3.60. The standard InChI is InChI=1S/C12H17ClN6/c1-19-4-2-3-8(6-19)5-14-10-9-11(16-7-15-9)18-12(13)17-10/h7-8H,2-6H2,1H3,(H2,14,15,16,17,18). The zero-order valence-corrected chi connectivity index (χ0v) is 11.6. The highest BCUT2D eigenvalue weighted by atomic mass is 35.5. The van der Waals surface area contributed by atoms with Crippen LogP contribution in [-0.4, -0.2) is 51.5 Å². The molecule has 7 heteroatoms. The SMILES string of the molecule is CN1CCCC(CNc2nc(Cl)nc3nc[nH]c23)C1. The number of anilines is 1. The molecule has 2 aromatic rings. The van der Waals surface area contributed by atoms with Gasteiger partial charge in [-0.05, 0) is 44.0 Å². The van der Waals surface area contributed by atoms with E-state index in [-0.39, 0.29) is 5.28 Å². The molecule has 0 spiro atoms. The molecule has 6 nitrogen and oxygen atoms in total. The smallest absolute Gasteiger partial charge is 0.226 e. The Balaban J connectivity index is 1.72. The first-order chi connectivity index (χ1) is 9.22. The van der Waals surface area contributed by atoms with E-state index in [0.717, 1.165) is 24.4 Å². The van der Waals surface area contributed by atoms with Gasteiger partial charge in [-0.15, -0.1) is 0 Å². The summed E-state index contributed by atoms with van der Waals surface area (Å²) >= 11 is 5.90. The molecule has 0 aliphatic carbocycles. The van der Waals surface area contributed by atoms with E-state index in [1.54, 1.807) is 6.33 Å². The van der Waals surface area contributed by atoms with E-state index in [2.05, 4.69) is 37.2 Å². The van der Waals surface area contributed by atoms with Crippen LogP contribution in [0, 0.1) is 5.92 Å². The minimum atomic E-state index is 0.225. The molecule has 3 rings (SSSR count). The van der Waals surface area contributed by atoms with Gasteiger partial charge in [0.25, 0.3) is 0 Å². The number of H-pyrrole nitrogens is 1. The number of aromatic amines is 1. The molecule has 1 atom stereocenters. The average molecular weight is 281 g/mol. The van der Waals surface area contributed by atoms with Crippen molar-refractivity contribution in [1.82, 2.24) is 24.8 Å². The van der Waals surface area contributed by atoms with Crippen molar-refractivity contribution in [2.24, 2.45) is 5.92 Å². The normalized spacial score (nSPS) is 20.8. The van der Waals surface area contributed by atoms with Crippen LogP contribution in [0.4, 0.5) is 5.82 Å². The molecular weight excluding hydrogens is 264 g/mol. The van der Waals surface area contributed by atoms with Crippen molar-refractivity contribution in [2.75, 3.05) is 32.0 Å². The summed E-state index contributed by atoms with van der Waals surface area (Å²) in [6.07, 6.45) is 4.12. The Labute approximate surface area is 116 Å². The highest BCUT2D eigenvalue weighted by Gasteiger charge is 2.18. The molecule has 1 aliphatic heterocycles. The van der Waals surface area contributed by atoms with Gasteiger partial charge in [0.05, 0.1) is 6.33 Å². The largest absolute Gasteiger partial charge is 0.368 e. The second kappa shape index (κ2) is 5.30. The third kappa shape index (κ3) is 2.79. The van der Waals surface area contributed by atoms with Crippen molar-refractivity contribution >= 4 is 28.6 Å². The minimum Gasteiger partial charge on any atom is -0.368 e. The zero-order chi connectivity index (χ0) is 13.2. The number of nitrogens with one attached hydrogen (secondary N) is 2. The van der Waals surface area contributed by atoms with Crippen LogP contribution in [0.3, 0.4) is 0 Å². The molecule has 1 aliphatic rings. The fraction of sp³-hybridized carbons (Fsp3) is 0.583. The first kappa shape index (κ1) is 12.6. The lowest BCUT2D eigenvalue weighted by molar-refractivity contribution is 0.217. The maximum atomic E-state index is 5.90. The van der Waals surface area contributed by atoms with Gasteiger partial charge in [-0.25, -0.2) is 4.98 Å². The molecule has 0 radical (unpaired) electrons. The van der Waals surface area contributed by atoms with E-state index >= 15 is 0 Å². The van der Waals surface area contributed by atoms with Crippen molar-refractivity contribution in [3.8, 4) is 0 Å². The van der Waals surface area contributed by atoms with Crippen molar-refractivity contribution in [3.63, 3.8) is 0 Å². The molecule has 2 N–H and O–H groups in total. The molecule has 3 heterocycles. The van der Waals surface area contributed by atoms with Crippen molar-refractivity contribution < 1.29 is 0 Å². The number of likely N-dealkylation sites (tertiary alicyclic amines) is 1. The van der Waals surface area contributed by atoms with Gasteiger partial charge in [0.15, 0.2) is 11.5 Å². The number of halogens is 1. The Morgan fingerprint density at radius 3 is 3.26 bits per heavy atom. The number of imidazole rings is 1. The maximum Gasteiger partial charge on any atom is 0.226 e. The van der Waals surface area contributed by atoms with E-state index < -0.39 is 0 Å². The lowest BCUT2D eigenvalue weighted by Crippen LogP contribution is -2.35. The molecule has 102 valence electrons. The summed E-state index contributed by atoms with van der Waals surface area (Å²) < 4.78 is 0. The van der Waals surface area contributed by atoms with Crippen LogP contribution in [0.5, 0.6) is 0 Å². The number of hydrogen-bond acceptors (Lipinski definition) is 5. The quantitative estimate of drug-likeness (QED) is 0.839. The second-order valence-corrected chi connectivity index (χ2v) is 5.43. The monoisotopic (exact) mass is 280 g/mol. The summed E-state index contributed by atoms with van der Waals surface area (Å²) in [6.45, 7) is 3.21. The number of nitrogens with zero attached hydrogens (tertiary/aromatic N) is 4. The van der Waals surface area contributed by atoms with Crippen LogP contribution >= 0.6 is 11.6 Å². The third-order valence-corrected chi connectivity index (χ3v) is 3.71. The van der Waals surface area contributed by atoms with E-state index in [4.69, 9.17) is 11.6 Å². The lowest BCUT2D eigenvalue weighted by Gasteiger charge is -2.29. The Hall–Kier alpha value is -1.40. The lowest BCUT2D eigenvalue weighted by atomic mass is 9.98. The van der Waals surface area contributed by atoms with Gasteiger partial charge in [-0.1, -0.05) is 0 Å². The fourth-order valence-electron chi connectivity index (χ4n) is 2.62. The van der Waals surface area contributed by atoms with Crippen molar-refractivity contribution in [1.29, 1.82) is 0 Å². The van der Waals surface area contributed by atoms with E-state index in [1.807, 2.05) is 0 Å². The maximum absolute atomic E-state index is 5.90. The van der Waals surface area contributed by atoms with Gasteiger partial charge >= 0.3 is 0 Å². The number of fused-ring (bicyclic) bond motifs is 1. The molecule has 0 aromatic carbocycles. The summed E-state index contributed by atoms with van der Waals surface area (Å²) in [5.74, 6) is 1.38. The predicted octanol–water partition coefficient (Wildman–Crippen LogP) is 1.76. The first-order valence-corrected chi connectivity index (χ1v) is 6.89. The topological polar surface area (TPSA) is 69.7 Å². The van der Waals surface area contributed by atoms with Gasteiger partial charge < -0.3 is 15.2 Å². The highest BCUT2D eigenvalue weighted by Crippen LogP contribution is 2.20. The van der Waals surface area contributed by atoms with Crippen molar-refractivity contribution in [2.45, 2.75) is 12.8 Å². The second-order valence-electron chi connectivity index (χ2n) is 5.09. The van der Waals surface area contributed by atoms with E-state index in [0.29, 0.717) is 11.6 Å². The van der Waals surface area contributed by atoms with E-state index in [9.17, 15) is 0 Å². The number of hydrogen-bond donors (Lipinski definition) is 2. The predicted molar refractivity (Wildman–Crippen MR) is 75.4 cm³/mol. The first-order valence-electron chi connectivity index (χ1n) is 6.51. The molecule has 0 bridgehead atoms. The molecule has 0 saturated carbocycles. The van der Waals surface area contributed by atoms with Crippen LogP contribution in [0.1, 0.15) is 12.8 Å². The van der Waals surface area contributed by atoms with Gasteiger partial charge in [0.1, 0.15) is 5.52 Å². The summed E-state index contributed by atoms with van der Waals surface area (Å²) in [5.41, 5.74) is 1.41. The number of piperidine rings is 1. The van der Waals surface area contributed by atoms with Crippen molar-refractivity contribution in [3.05, 3.63) is 11.6 Å². The molecular formula is C12H17ClN6. The summed E-state index contributed by atoms with van der Waals surface area (Å²) in [4.78, 5) is 17.8. The Bertz CT molecular complexity index is 568. The molecule has 1 fully saturated rings. The molecule has 0 amide bonds. The van der Waals surface area contributed by atoms with Crippen LogP contribution in [0.15, 0.2) is 6.33 Å². The van der Waals surface area contributed by atoms with Gasteiger partial charge in [-0.3, -0.25) is 0 Å². The van der Waals surface area contributed by atoms with E-state index in [1.165, 1.54) is 19.4 Å². The van der Waals surface area contributed by atoms with Crippen LogP contribution in [0.25, 0.3) is 11.2 Å². The average Bonchev–Trinajstić information content (AvgIpc) is 2.84. The third-order valence-electron chi connectivity index (χ3n) is 3.54. The van der Waals surface area contributed by atoms with Crippen LogP contribution < -0.4 is 5.32 Å². The molecule has 2 aromatic heterocycles. The van der Waals surface area contributed by atoms with Crippen LogP contribution in [-0.2, 0) is 0 Å². The Morgan fingerprint density at radius 1 is 1.53 bits per heavy atom. The molecule has 1 unspecified atom stereocenters. The zero-order valence-electron chi connectivity index (χ0n) is 10.9.